The van der Waals surface area contributed by atoms with Crippen LogP contribution in [0.4, 0.5) is 26.8 Å². The summed E-state index contributed by atoms with van der Waals surface area (Å²) in [5.41, 5.74) is 3.99. The van der Waals surface area contributed by atoms with Crippen LogP contribution in [-0.2, 0) is 18.2 Å². The lowest BCUT2D eigenvalue weighted by Gasteiger charge is -2.41. The van der Waals surface area contributed by atoms with Gasteiger partial charge in [0.2, 0.25) is 0 Å². The zero-order valence-corrected chi connectivity index (χ0v) is 21.5. The Bertz CT molecular complexity index is 1310. The fourth-order valence-corrected chi connectivity index (χ4v) is 4.98. The summed E-state index contributed by atoms with van der Waals surface area (Å²) in [5.74, 6) is 0.681. The van der Waals surface area contributed by atoms with E-state index >= 15 is 0 Å². The van der Waals surface area contributed by atoms with Crippen LogP contribution in [0.2, 0.25) is 0 Å². The number of hydrogen-bond donors (Lipinski definition) is 1. The van der Waals surface area contributed by atoms with Gasteiger partial charge in [0.1, 0.15) is 16.9 Å². The number of ether oxygens (including phenoxy) is 1. The van der Waals surface area contributed by atoms with E-state index in [-0.39, 0.29) is 18.2 Å². The summed E-state index contributed by atoms with van der Waals surface area (Å²) in [6.45, 7) is 10.2. The highest BCUT2D eigenvalue weighted by molar-refractivity contribution is 6.06. The summed E-state index contributed by atoms with van der Waals surface area (Å²) in [6, 6.07) is 7.52. The highest BCUT2D eigenvalue weighted by Gasteiger charge is 2.34. The molecule has 10 heteroatoms. The van der Waals surface area contributed by atoms with Gasteiger partial charge in [-0.3, -0.25) is 4.90 Å². The molecule has 3 amide bonds. The summed E-state index contributed by atoms with van der Waals surface area (Å²) >= 11 is 0. The molecule has 190 valence electrons. The van der Waals surface area contributed by atoms with Crippen LogP contribution in [0, 0.1) is 0 Å². The molecule has 0 bridgehead atoms. The average Bonchev–Trinajstić information content (AvgIpc) is 3.42. The highest BCUT2D eigenvalue weighted by Crippen LogP contribution is 2.35. The molecule has 0 aliphatic carbocycles. The van der Waals surface area contributed by atoms with Crippen molar-refractivity contribution in [3.05, 3.63) is 42.4 Å². The third-order valence-electron chi connectivity index (χ3n) is 6.69. The largest absolute Gasteiger partial charge is 0.444 e. The number of benzene rings is 1. The lowest BCUT2D eigenvalue weighted by atomic mass is 10.1. The van der Waals surface area contributed by atoms with Crippen molar-refractivity contribution in [2.45, 2.75) is 45.8 Å². The standard InChI is InChI=1S/C26H33N7O3/c1-17-15-31(13-14-32(17)25(35)36-26(2,3)4)20-9-11-27-23-18(20)10-12-33(23)24(34)29-19-7-6-8-21-22(19)28-16-30(21)5/h6-9,11,16-17H,10,12-15H2,1-5H3,(H,29,34)/t17-/m0/s1. The molecule has 1 N–H and O–H groups in total. The number of urea groups is 1. The second-order valence-electron chi connectivity index (χ2n) is 10.5. The molecule has 1 atom stereocenters. The second kappa shape index (κ2) is 9.00. The Morgan fingerprint density at radius 3 is 2.67 bits per heavy atom. The van der Waals surface area contributed by atoms with E-state index in [2.05, 4.69) is 20.2 Å². The van der Waals surface area contributed by atoms with E-state index in [0.717, 1.165) is 28.7 Å². The maximum atomic E-state index is 13.3. The summed E-state index contributed by atoms with van der Waals surface area (Å²) in [4.78, 5) is 40.7. The van der Waals surface area contributed by atoms with Crippen molar-refractivity contribution in [3.8, 4) is 0 Å². The number of fused-ring (bicyclic) bond motifs is 2. The van der Waals surface area contributed by atoms with Crippen LogP contribution in [0.25, 0.3) is 11.0 Å². The molecular formula is C26H33N7O3. The quantitative estimate of drug-likeness (QED) is 0.582. The molecule has 0 unspecified atom stereocenters. The number of pyridine rings is 1. The number of anilines is 3. The van der Waals surface area contributed by atoms with Crippen LogP contribution in [0.1, 0.15) is 33.3 Å². The van der Waals surface area contributed by atoms with E-state index in [4.69, 9.17) is 4.74 Å². The summed E-state index contributed by atoms with van der Waals surface area (Å²) < 4.78 is 7.51. The third kappa shape index (κ3) is 4.43. The van der Waals surface area contributed by atoms with Crippen LogP contribution in [0.15, 0.2) is 36.8 Å². The molecule has 1 fully saturated rings. The van der Waals surface area contributed by atoms with Gasteiger partial charge in [0.25, 0.3) is 0 Å². The van der Waals surface area contributed by atoms with Crippen LogP contribution < -0.4 is 15.1 Å². The molecule has 1 saturated heterocycles. The first-order valence-corrected chi connectivity index (χ1v) is 12.3. The molecule has 36 heavy (non-hydrogen) atoms. The second-order valence-corrected chi connectivity index (χ2v) is 10.5. The maximum Gasteiger partial charge on any atom is 0.410 e. The molecule has 4 heterocycles. The molecule has 5 rings (SSSR count). The number of aryl methyl sites for hydroxylation is 1. The van der Waals surface area contributed by atoms with E-state index in [1.54, 1.807) is 22.3 Å². The predicted octanol–water partition coefficient (Wildman–Crippen LogP) is 4.01. The fourth-order valence-electron chi connectivity index (χ4n) is 4.98. The van der Waals surface area contributed by atoms with Crippen molar-refractivity contribution >= 4 is 40.4 Å². The SMILES string of the molecule is C[C@H]1CN(c2ccnc3c2CCN3C(=O)Nc2cccc3c2ncn3C)CCN1C(=O)OC(C)(C)C. The summed E-state index contributed by atoms with van der Waals surface area (Å²) in [6.07, 6.45) is 3.94. The average molecular weight is 492 g/mol. The zero-order valence-electron chi connectivity index (χ0n) is 21.5. The molecule has 0 spiro atoms. The van der Waals surface area contributed by atoms with Crippen molar-refractivity contribution in [2.75, 3.05) is 41.3 Å². The van der Waals surface area contributed by atoms with Gasteiger partial charge in [-0.1, -0.05) is 6.07 Å². The Hall–Kier alpha value is -3.82. The lowest BCUT2D eigenvalue weighted by Crippen LogP contribution is -2.55. The first-order valence-electron chi connectivity index (χ1n) is 12.3. The smallest absolute Gasteiger partial charge is 0.410 e. The number of rotatable bonds is 2. The highest BCUT2D eigenvalue weighted by atomic mass is 16.6. The number of nitrogens with zero attached hydrogens (tertiary/aromatic N) is 6. The minimum absolute atomic E-state index is 0.00270. The minimum atomic E-state index is -0.522. The summed E-state index contributed by atoms with van der Waals surface area (Å²) in [5, 5.41) is 3.02. The number of piperazine rings is 1. The van der Waals surface area contributed by atoms with Gasteiger partial charge in [0, 0.05) is 56.7 Å². The van der Waals surface area contributed by atoms with Crippen LogP contribution in [-0.4, -0.2) is 69.4 Å². The predicted molar refractivity (Wildman–Crippen MR) is 140 cm³/mol. The molecule has 2 aliphatic heterocycles. The van der Waals surface area contributed by atoms with Gasteiger partial charge < -0.3 is 24.4 Å². The molecule has 3 aromatic rings. The van der Waals surface area contributed by atoms with E-state index in [1.165, 1.54) is 0 Å². The van der Waals surface area contributed by atoms with Crippen molar-refractivity contribution in [1.82, 2.24) is 19.4 Å². The number of amides is 3. The van der Waals surface area contributed by atoms with Crippen molar-refractivity contribution in [3.63, 3.8) is 0 Å². The van der Waals surface area contributed by atoms with E-state index in [1.807, 2.05) is 63.6 Å². The molecule has 2 aliphatic rings. The maximum absolute atomic E-state index is 13.3. The zero-order chi connectivity index (χ0) is 25.6. The third-order valence-corrected chi connectivity index (χ3v) is 6.69. The Kier molecular flexibility index (Phi) is 5.97. The number of hydrogen-bond acceptors (Lipinski definition) is 6. The number of imidazole rings is 1. The monoisotopic (exact) mass is 491 g/mol. The fraction of sp³-hybridized carbons (Fsp3) is 0.462. The van der Waals surface area contributed by atoms with Crippen molar-refractivity contribution in [2.24, 2.45) is 7.05 Å². The van der Waals surface area contributed by atoms with Gasteiger partial charge in [-0.15, -0.1) is 0 Å². The molecular weight excluding hydrogens is 458 g/mol. The molecule has 0 radical (unpaired) electrons. The van der Waals surface area contributed by atoms with Crippen LogP contribution >= 0.6 is 0 Å². The van der Waals surface area contributed by atoms with Crippen LogP contribution in [0.3, 0.4) is 0 Å². The summed E-state index contributed by atoms with van der Waals surface area (Å²) in [7, 11) is 1.93. The number of para-hydroxylation sites is 1. The van der Waals surface area contributed by atoms with Crippen LogP contribution in [0.5, 0.6) is 0 Å². The topological polar surface area (TPSA) is 95.8 Å². The lowest BCUT2D eigenvalue weighted by molar-refractivity contribution is 0.0159. The van der Waals surface area contributed by atoms with E-state index < -0.39 is 5.60 Å². The van der Waals surface area contributed by atoms with Gasteiger partial charge in [-0.2, -0.15) is 0 Å². The first kappa shape index (κ1) is 23.9. The number of aromatic nitrogens is 3. The van der Waals surface area contributed by atoms with E-state index in [9.17, 15) is 9.59 Å². The van der Waals surface area contributed by atoms with Crippen molar-refractivity contribution < 1.29 is 14.3 Å². The number of carbonyl (C=O) groups is 2. The first-order chi connectivity index (χ1) is 17.1. The molecule has 0 saturated carbocycles. The van der Waals surface area contributed by atoms with Gasteiger partial charge in [0.15, 0.2) is 0 Å². The normalized spacial score (nSPS) is 17.9. The Balaban J connectivity index is 1.32. The van der Waals surface area contributed by atoms with Gasteiger partial charge in [-0.05, 0) is 52.3 Å². The molecule has 2 aromatic heterocycles. The van der Waals surface area contributed by atoms with Crippen molar-refractivity contribution in [1.29, 1.82) is 0 Å². The Morgan fingerprint density at radius 1 is 1.11 bits per heavy atom. The van der Waals surface area contributed by atoms with Gasteiger partial charge >= 0.3 is 12.1 Å². The van der Waals surface area contributed by atoms with E-state index in [0.29, 0.717) is 37.7 Å². The number of carbonyl (C=O) groups excluding carboxylic acids is 2. The van der Waals surface area contributed by atoms with Gasteiger partial charge in [-0.25, -0.2) is 19.6 Å². The Morgan fingerprint density at radius 2 is 1.92 bits per heavy atom. The minimum Gasteiger partial charge on any atom is -0.444 e. The van der Waals surface area contributed by atoms with Gasteiger partial charge in [0.05, 0.1) is 17.5 Å². The Labute approximate surface area is 210 Å². The number of nitrogens with one attached hydrogen (secondary N) is 1. The molecule has 1 aromatic carbocycles. The molecule has 10 nitrogen and oxygen atoms in total.